The average Bonchev–Trinajstić information content (AvgIpc) is 1.69. The third-order valence-electron chi connectivity index (χ3n) is 0.700. The van der Waals surface area contributed by atoms with Crippen LogP contribution in [0.5, 0.6) is 0 Å². The molecule has 44 valence electrons. The van der Waals surface area contributed by atoms with Crippen molar-refractivity contribution in [2.24, 2.45) is 0 Å². The molecule has 1 aromatic heterocycles. The van der Waals surface area contributed by atoms with Crippen LogP contribution in [0.15, 0.2) is 30.6 Å². The lowest BCUT2D eigenvalue weighted by atomic mass is 10.5. The molecule has 0 atom stereocenters. The van der Waals surface area contributed by atoms with Crippen LogP contribution in [0.1, 0.15) is 0 Å². The molecule has 1 N–H and O–H groups in total. The lowest BCUT2D eigenvalue weighted by molar-refractivity contribution is -0.904. The second-order valence-corrected chi connectivity index (χ2v) is 1.26. The van der Waals surface area contributed by atoms with Gasteiger partial charge in [0.2, 0.25) is 12.4 Å². The van der Waals surface area contributed by atoms with Crippen molar-refractivity contribution in [3.05, 3.63) is 30.6 Å². The highest BCUT2D eigenvalue weighted by molar-refractivity contribution is 4.82. The number of pyridine rings is 1. The summed E-state index contributed by atoms with van der Waals surface area (Å²) in [4.78, 5) is 0. The van der Waals surface area contributed by atoms with Gasteiger partial charge in [0, 0.05) is 16.9 Å². The molecule has 0 aromatic carbocycles. The molecule has 0 bridgehead atoms. The molecule has 1 heterocycles. The fourth-order valence-corrected chi connectivity index (χ4v) is 0.390. The van der Waals surface area contributed by atoms with Gasteiger partial charge in [0.25, 0.3) is 0 Å². The Bertz CT molecular complexity index is 142. The summed E-state index contributed by atoms with van der Waals surface area (Å²) < 4.78 is 1.00. The topological polar surface area (TPSA) is 24.1 Å². The second kappa shape index (κ2) is 2.96. The lowest BCUT2D eigenvalue weighted by Gasteiger charge is -1.74. The molecule has 0 unspecified atom stereocenters. The normalized spacial score (nSPS) is 7.50. The van der Waals surface area contributed by atoms with Crippen LogP contribution in [0.4, 0.5) is 0 Å². The summed E-state index contributed by atoms with van der Waals surface area (Å²) in [6, 6.07) is 5.34. The minimum atomic E-state index is 0. The van der Waals surface area contributed by atoms with Crippen LogP contribution in [0.25, 0.3) is 0 Å². The molecular weight excluding hydrogens is 109 g/mol. The third kappa shape index (κ3) is 1.55. The van der Waals surface area contributed by atoms with Crippen molar-refractivity contribution in [1.82, 2.24) is 0 Å². The zero-order chi connectivity index (χ0) is 5.11. The predicted octanol–water partition coefficient (Wildman–Crippen LogP) is -2.78. The monoisotopic (exact) mass is 115 g/mol. The first kappa shape index (κ1) is 6.88. The van der Waals surface area contributed by atoms with Gasteiger partial charge < -0.3 is 4.70 Å². The second-order valence-electron chi connectivity index (χ2n) is 1.26. The quantitative estimate of drug-likeness (QED) is 0.287. The number of rotatable bonds is 0. The Morgan fingerprint density at radius 1 is 1.00 bits per heavy atom. The Morgan fingerprint density at radius 3 is 1.75 bits per heavy atom. The molecule has 3 heteroatoms. The zero-order valence-corrected chi connectivity index (χ0v) is 4.16. The maximum absolute atomic E-state index is 8.55. The van der Waals surface area contributed by atoms with E-state index in [4.69, 9.17) is 5.21 Å². The first-order valence-corrected chi connectivity index (χ1v) is 2.05. The van der Waals surface area contributed by atoms with Gasteiger partial charge in [-0.1, -0.05) is 6.07 Å². The summed E-state index contributed by atoms with van der Waals surface area (Å²) in [5.74, 6) is 0. The van der Waals surface area contributed by atoms with Gasteiger partial charge in [-0.25, -0.2) is 0 Å². The lowest BCUT2D eigenvalue weighted by Crippen LogP contribution is -3.00. The van der Waals surface area contributed by atoms with E-state index in [2.05, 4.69) is 0 Å². The molecule has 0 aliphatic heterocycles. The van der Waals surface area contributed by atoms with Crippen LogP contribution in [-0.2, 0) is 0 Å². The molecule has 0 fully saturated rings. The van der Waals surface area contributed by atoms with Crippen LogP contribution in [0.3, 0.4) is 0 Å². The minimum Gasteiger partial charge on any atom is -1.00 e. The summed E-state index contributed by atoms with van der Waals surface area (Å²) in [5.41, 5.74) is 0. The van der Waals surface area contributed by atoms with Gasteiger partial charge in [0.15, 0.2) is 0 Å². The van der Waals surface area contributed by atoms with E-state index in [1.54, 1.807) is 24.5 Å². The standard InChI is InChI=1S/C5H6NO.FH/c7-6-4-2-1-3-5-6;/h1-5,7H;1H/q+1;/p-1. The Labute approximate surface area is 46.3 Å². The van der Waals surface area contributed by atoms with Gasteiger partial charge in [-0.15, -0.1) is 0 Å². The van der Waals surface area contributed by atoms with E-state index in [1.165, 1.54) is 0 Å². The summed E-state index contributed by atoms with van der Waals surface area (Å²) >= 11 is 0. The largest absolute Gasteiger partial charge is 1.00 e. The van der Waals surface area contributed by atoms with Crippen molar-refractivity contribution >= 4 is 0 Å². The molecule has 0 saturated carbocycles. The summed E-state index contributed by atoms with van der Waals surface area (Å²) in [5, 5.41) is 8.55. The van der Waals surface area contributed by atoms with Crippen molar-refractivity contribution in [2.75, 3.05) is 0 Å². The highest BCUT2D eigenvalue weighted by Crippen LogP contribution is 1.71. The molecule has 1 rings (SSSR count). The van der Waals surface area contributed by atoms with Gasteiger partial charge in [-0.3, -0.25) is 5.21 Å². The van der Waals surface area contributed by atoms with Crippen molar-refractivity contribution in [2.45, 2.75) is 0 Å². The molecule has 2 nitrogen and oxygen atoms in total. The van der Waals surface area contributed by atoms with Crippen molar-refractivity contribution < 1.29 is 14.6 Å². The summed E-state index contributed by atoms with van der Waals surface area (Å²) in [6.45, 7) is 0. The molecule has 0 spiro atoms. The van der Waals surface area contributed by atoms with Crippen LogP contribution in [-0.4, -0.2) is 5.21 Å². The fourth-order valence-electron chi connectivity index (χ4n) is 0.390. The first-order chi connectivity index (χ1) is 3.39. The van der Waals surface area contributed by atoms with Crippen LogP contribution < -0.4 is 9.43 Å². The Balaban J connectivity index is 0.000000490. The number of hydrogen-bond donors (Lipinski definition) is 1. The van der Waals surface area contributed by atoms with Crippen molar-refractivity contribution in [3.8, 4) is 0 Å². The highest BCUT2D eigenvalue weighted by atomic mass is 19.0. The number of aromatic nitrogens is 1. The van der Waals surface area contributed by atoms with Crippen LogP contribution in [0, 0.1) is 0 Å². The third-order valence-corrected chi connectivity index (χ3v) is 0.700. The molecule has 0 aliphatic rings. The van der Waals surface area contributed by atoms with Gasteiger partial charge in [-0.2, -0.15) is 0 Å². The van der Waals surface area contributed by atoms with Crippen LogP contribution in [0.2, 0.25) is 0 Å². The van der Waals surface area contributed by atoms with Gasteiger partial charge >= 0.3 is 0 Å². The minimum absolute atomic E-state index is 0. The summed E-state index contributed by atoms with van der Waals surface area (Å²) in [7, 11) is 0. The Kier molecular flexibility index (Phi) is 2.54. The Hall–Kier alpha value is -1.12. The smallest absolute Gasteiger partial charge is 0.222 e. The maximum Gasteiger partial charge on any atom is 0.222 e. The maximum atomic E-state index is 8.55. The zero-order valence-electron chi connectivity index (χ0n) is 4.16. The van der Waals surface area contributed by atoms with E-state index in [9.17, 15) is 0 Å². The Morgan fingerprint density at radius 2 is 1.50 bits per heavy atom. The molecule has 0 aliphatic carbocycles. The molecular formula is C5H6FNO. The molecule has 8 heavy (non-hydrogen) atoms. The molecule has 0 saturated heterocycles. The van der Waals surface area contributed by atoms with E-state index in [0.29, 0.717) is 0 Å². The van der Waals surface area contributed by atoms with Crippen molar-refractivity contribution in [3.63, 3.8) is 0 Å². The van der Waals surface area contributed by atoms with E-state index >= 15 is 0 Å². The predicted molar refractivity (Wildman–Crippen MR) is 23.8 cm³/mol. The van der Waals surface area contributed by atoms with E-state index < -0.39 is 0 Å². The van der Waals surface area contributed by atoms with Crippen molar-refractivity contribution in [1.29, 1.82) is 0 Å². The number of nitrogens with zero attached hydrogens (tertiary/aromatic N) is 1. The summed E-state index contributed by atoms with van der Waals surface area (Å²) in [6.07, 6.45) is 3.11. The molecule has 0 radical (unpaired) electrons. The van der Waals surface area contributed by atoms with Gasteiger partial charge in [0.05, 0.1) is 0 Å². The number of halogens is 1. The SMILES string of the molecule is O[n+]1ccccc1.[F-]. The first-order valence-electron chi connectivity index (χ1n) is 2.05. The molecule has 1 aromatic rings. The van der Waals surface area contributed by atoms with Gasteiger partial charge in [0.1, 0.15) is 0 Å². The number of hydrogen-bond acceptors (Lipinski definition) is 1. The fraction of sp³-hybridized carbons (Fsp3) is 0. The van der Waals surface area contributed by atoms with Gasteiger partial charge in [-0.05, 0) is 0 Å². The van der Waals surface area contributed by atoms with E-state index in [1.807, 2.05) is 6.07 Å². The molecule has 0 amide bonds. The van der Waals surface area contributed by atoms with Crippen LogP contribution >= 0.6 is 0 Å². The highest BCUT2D eigenvalue weighted by Gasteiger charge is 1.82. The van der Waals surface area contributed by atoms with E-state index in [-0.39, 0.29) is 4.70 Å². The van der Waals surface area contributed by atoms with E-state index in [0.717, 1.165) is 4.73 Å². The average molecular weight is 115 g/mol.